The number of nitrogens with zero attached hydrogens (tertiary/aromatic N) is 3. The Bertz CT molecular complexity index is 1370. The summed E-state index contributed by atoms with van der Waals surface area (Å²) in [6.07, 6.45) is 5.53. The number of amides is 2. The van der Waals surface area contributed by atoms with E-state index in [2.05, 4.69) is 20.6 Å². The fourth-order valence-corrected chi connectivity index (χ4v) is 5.66. The summed E-state index contributed by atoms with van der Waals surface area (Å²) in [4.78, 5) is 28.5. The third kappa shape index (κ3) is 3.61. The molecule has 3 aliphatic rings. The van der Waals surface area contributed by atoms with Crippen molar-refractivity contribution in [3.05, 3.63) is 59.8 Å². The molecule has 1 aromatic heterocycles. The summed E-state index contributed by atoms with van der Waals surface area (Å²) in [7, 11) is 2.05. The number of carbonyl (C=O) groups excluding carboxylic acids is 2. The van der Waals surface area contributed by atoms with E-state index in [1.165, 1.54) is 16.8 Å². The second-order valence-electron chi connectivity index (χ2n) is 10.1. The quantitative estimate of drug-likeness (QED) is 0.565. The van der Waals surface area contributed by atoms with Gasteiger partial charge in [-0.25, -0.2) is 13.5 Å². The topological polar surface area (TPSA) is 79.3 Å². The van der Waals surface area contributed by atoms with E-state index in [1.54, 1.807) is 18.3 Å². The number of benzene rings is 2. The van der Waals surface area contributed by atoms with Crippen molar-refractivity contribution in [2.24, 2.45) is 5.92 Å². The molecule has 36 heavy (non-hydrogen) atoms. The van der Waals surface area contributed by atoms with Crippen LogP contribution in [0.1, 0.15) is 37.7 Å². The summed E-state index contributed by atoms with van der Waals surface area (Å²) in [5.41, 5.74) is 2.80. The van der Waals surface area contributed by atoms with E-state index in [0.29, 0.717) is 22.6 Å². The molecule has 0 bridgehead atoms. The third-order valence-corrected chi connectivity index (χ3v) is 7.96. The molecule has 6 rings (SSSR count). The average molecular weight is 492 g/mol. The van der Waals surface area contributed by atoms with Gasteiger partial charge >= 0.3 is 0 Å². The highest BCUT2D eigenvalue weighted by Gasteiger charge is 2.52. The van der Waals surface area contributed by atoms with Gasteiger partial charge in [0.25, 0.3) is 0 Å². The molecule has 2 N–H and O–H groups in total. The Morgan fingerprint density at radius 3 is 2.61 bits per heavy atom. The predicted molar refractivity (Wildman–Crippen MR) is 132 cm³/mol. The number of hydrogen-bond acceptors (Lipinski definition) is 4. The molecule has 1 spiro atoms. The fraction of sp³-hybridized carbons (Fsp3) is 0.370. The Kier molecular flexibility index (Phi) is 5.40. The first kappa shape index (κ1) is 22.8. The average Bonchev–Trinajstić information content (AvgIpc) is 3.41. The van der Waals surface area contributed by atoms with Crippen LogP contribution in [0.2, 0.25) is 0 Å². The number of anilines is 2. The lowest BCUT2D eigenvalue weighted by molar-refractivity contribution is -0.123. The van der Waals surface area contributed by atoms with Gasteiger partial charge < -0.3 is 15.5 Å². The number of rotatable bonds is 4. The number of likely N-dealkylation sites (tertiary alicyclic amines) is 1. The first-order chi connectivity index (χ1) is 17.4. The molecule has 2 fully saturated rings. The molecule has 2 aliphatic heterocycles. The SMILES string of the molecule is CN1CCC(C(=O)Nc2cc(-c3ccnn3-c3ccc(F)cc3F)cc3c2NC(=O)C32CCC2)CC1. The number of nitrogens with one attached hydrogen (secondary N) is 2. The molecule has 2 amide bonds. The smallest absolute Gasteiger partial charge is 0.235 e. The molecule has 1 saturated heterocycles. The zero-order valence-electron chi connectivity index (χ0n) is 20.0. The van der Waals surface area contributed by atoms with Gasteiger partial charge in [0.2, 0.25) is 11.8 Å². The normalized spacial score (nSPS) is 19.1. The van der Waals surface area contributed by atoms with Gasteiger partial charge in [-0.05, 0) is 81.7 Å². The van der Waals surface area contributed by atoms with Gasteiger partial charge in [0, 0.05) is 17.5 Å². The summed E-state index contributed by atoms with van der Waals surface area (Å²) in [5, 5.41) is 10.4. The van der Waals surface area contributed by atoms with Crippen molar-refractivity contribution in [1.82, 2.24) is 14.7 Å². The number of aromatic nitrogens is 2. The van der Waals surface area contributed by atoms with E-state index < -0.39 is 17.0 Å². The first-order valence-electron chi connectivity index (χ1n) is 12.3. The first-order valence-corrected chi connectivity index (χ1v) is 12.3. The highest BCUT2D eigenvalue weighted by molar-refractivity contribution is 6.12. The van der Waals surface area contributed by atoms with Crippen LogP contribution >= 0.6 is 0 Å². The van der Waals surface area contributed by atoms with Gasteiger partial charge in [0.15, 0.2) is 5.82 Å². The summed E-state index contributed by atoms with van der Waals surface area (Å²) < 4.78 is 29.6. The van der Waals surface area contributed by atoms with Gasteiger partial charge in [-0.2, -0.15) is 5.10 Å². The molecule has 1 saturated carbocycles. The van der Waals surface area contributed by atoms with E-state index in [9.17, 15) is 18.4 Å². The van der Waals surface area contributed by atoms with Crippen LogP contribution in [-0.2, 0) is 15.0 Å². The number of piperidine rings is 1. The summed E-state index contributed by atoms with van der Waals surface area (Å²) in [5.74, 6) is -1.62. The maximum atomic E-state index is 14.6. The molecule has 0 atom stereocenters. The van der Waals surface area contributed by atoms with Crippen LogP contribution in [0.3, 0.4) is 0 Å². The zero-order valence-corrected chi connectivity index (χ0v) is 20.0. The molecule has 2 aromatic carbocycles. The minimum absolute atomic E-state index is 0.0474. The van der Waals surface area contributed by atoms with E-state index in [4.69, 9.17) is 0 Å². The van der Waals surface area contributed by atoms with Gasteiger partial charge in [-0.3, -0.25) is 9.59 Å². The Balaban J connectivity index is 1.43. The lowest BCUT2D eigenvalue weighted by atomic mass is 9.65. The van der Waals surface area contributed by atoms with Gasteiger partial charge in [-0.15, -0.1) is 0 Å². The van der Waals surface area contributed by atoms with Crippen LogP contribution in [0, 0.1) is 17.6 Å². The maximum Gasteiger partial charge on any atom is 0.235 e. The van der Waals surface area contributed by atoms with Crippen molar-refractivity contribution in [3.8, 4) is 16.9 Å². The maximum absolute atomic E-state index is 14.6. The van der Waals surface area contributed by atoms with Gasteiger partial charge in [-0.1, -0.05) is 6.42 Å². The number of hydrogen-bond donors (Lipinski definition) is 2. The van der Waals surface area contributed by atoms with Crippen molar-refractivity contribution in [3.63, 3.8) is 0 Å². The summed E-state index contributed by atoms with van der Waals surface area (Å²) >= 11 is 0. The largest absolute Gasteiger partial charge is 0.324 e. The fourth-order valence-electron chi connectivity index (χ4n) is 5.66. The van der Waals surface area contributed by atoms with Gasteiger partial charge in [0.05, 0.1) is 28.7 Å². The predicted octanol–water partition coefficient (Wildman–Crippen LogP) is 4.47. The Morgan fingerprint density at radius 2 is 1.92 bits per heavy atom. The monoisotopic (exact) mass is 491 g/mol. The Morgan fingerprint density at radius 1 is 1.14 bits per heavy atom. The summed E-state index contributed by atoms with van der Waals surface area (Å²) in [6.45, 7) is 1.72. The van der Waals surface area contributed by atoms with Crippen LogP contribution in [0.15, 0.2) is 42.6 Å². The molecule has 3 aromatic rings. The molecule has 3 heterocycles. The zero-order chi connectivity index (χ0) is 25.0. The van der Waals surface area contributed by atoms with E-state index in [1.807, 2.05) is 13.1 Å². The van der Waals surface area contributed by atoms with Crippen molar-refractivity contribution in [2.75, 3.05) is 30.8 Å². The van der Waals surface area contributed by atoms with Crippen LogP contribution in [0.25, 0.3) is 16.9 Å². The van der Waals surface area contributed by atoms with Gasteiger partial charge in [0.1, 0.15) is 11.5 Å². The molecule has 0 radical (unpaired) electrons. The van der Waals surface area contributed by atoms with Crippen LogP contribution in [-0.4, -0.2) is 46.6 Å². The lowest BCUT2D eigenvalue weighted by Gasteiger charge is -2.36. The van der Waals surface area contributed by atoms with E-state index >= 15 is 0 Å². The van der Waals surface area contributed by atoms with Crippen molar-refractivity contribution < 1.29 is 18.4 Å². The molecule has 9 heteroatoms. The van der Waals surface area contributed by atoms with Crippen LogP contribution < -0.4 is 10.6 Å². The number of carbonyl (C=O) groups is 2. The lowest BCUT2D eigenvalue weighted by Crippen LogP contribution is -2.40. The number of fused-ring (bicyclic) bond motifs is 2. The minimum Gasteiger partial charge on any atom is -0.324 e. The van der Waals surface area contributed by atoms with Crippen molar-refractivity contribution in [2.45, 2.75) is 37.5 Å². The Labute approximate surface area is 207 Å². The second kappa shape index (κ2) is 8.51. The number of halogens is 2. The molecular weight excluding hydrogens is 464 g/mol. The Hall–Kier alpha value is -3.59. The molecule has 0 unspecified atom stereocenters. The summed E-state index contributed by atoms with van der Waals surface area (Å²) in [6, 6.07) is 8.83. The highest BCUT2D eigenvalue weighted by Crippen LogP contribution is 2.54. The molecule has 186 valence electrons. The van der Waals surface area contributed by atoms with E-state index in [-0.39, 0.29) is 23.4 Å². The third-order valence-electron chi connectivity index (χ3n) is 7.96. The minimum atomic E-state index is -0.732. The second-order valence-corrected chi connectivity index (χ2v) is 10.1. The van der Waals surface area contributed by atoms with E-state index in [0.717, 1.165) is 56.8 Å². The van der Waals surface area contributed by atoms with Crippen LogP contribution in [0.5, 0.6) is 0 Å². The highest BCUT2D eigenvalue weighted by atomic mass is 19.1. The molecular formula is C27H27F2N5O2. The van der Waals surface area contributed by atoms with Crippen LogP contribution in [0.4, 0.5) is 20.2 Å². The molecule has 1 aliphatic carbocycles. The van der Waals surface area contributed by atoms with Crippen molar-refractivity contribution in [1.29, 1.82) is 0 Å². The molecule has 7 nitrogen and oxygen atoms in total. The van der Waals surface area contributed by atoms with Crippen molar-refractivity contribution >= 4 is 23.2 Å². The standard InChI is InChI=1S/C27H27F2N5O2/c1-33-11-6-16(7-12-33)25(35)31-21-14-17(13-19-24(21)32-26(36)27(19)8-2-9-27)22-5-10-30-34(22)23-4-3-18(28)15-20(23)29/h3-5,10,13-16H,2,6-9,11-12H2,1H3,(H,31,35)(H,32,36).